The lowest BCUT2D eigenvalue weighted by atomic mass is 10.2. The Morgan fingerprint density at radius 2 is 2.12 bits per heavy atom. The minimum absolute atomic E-state index is 0.0850. The van der Waals surface area contributed by atoms with Crippen LogP contribution in [0.2, 0.25) is 0 Å². The minimum atomic E-state index is -0.668. The highest BCUT2D eigenvalue weighted by Gasteiger charge is 2.07. The van der Waals surface area contributed by atoms with Crippen molar-refractivity contribution in [1.82, 2.24) is 4.57 Å². The molecule has 1 N–H and O–H groups in total. The predicted octanol–water partition coefficient (Wildman–Crippen LogP) is 1.01. The van der Waals surface area contributed by atoms with Crippen molar-refractivity contribution in [2.75, 3.05) is 13.7 Å². The molecule has 1 aromatic carbocycles. The molecule has 1 heterocycles. The second-order valence-corrected chi connectivity index (χ2v) is 3.97. The Balaban J connectivity index is 2.36. The third-order valence-electron chi connectivity index (χ3n) is 2.65. The Morgan fingerprint density at radius 3 is 2.88 bits per heavy atom. The van der Waals surface area contributed by atoms with Gasteiger partial charge in [0.15, 0.2) is 0 Å². The molecular weight excluding hydrogens is 218 g/mol. The van der Waals surface area contributed by atoms with Gasteiger partial charge in [-0.15, -0.1) is 0 Å². The van der Waals surface area contributed by atoms with Crippen LogP contribution in [0.1, 0.15) is 0 Å². The van der Waals surface area contributed by atoms with Gasteiger partial charge in [0.25, 0.3) is 5.56 Å². The molecule has 0 saturated carbocycles. The summed E-state index contributed by atoms with van der Waals surface area (Å²) in [4.78, 5) is 12.1. The molecule has 1 aromatic heterocycles. The molecule has 4 heteroatoms. The number of methoxy groups -OCH3 is 1. The zero-order valence-corrected chi connectivity index (χ0v) is 9.67. The van der Waals surface area contributed by atoms with Crippen molar-refractivity contribution in [2.45, 2.75) is 12.6 Å². The van der Waals surface area contributed by atoms with Gasteiger partial charge in [-0.25, -0.2) is 0 Å². The highest BCUT2D eigenvalue weighted by molar-refractivity contribution is 5.81. The van der Waals surface area contributed by atoms with Crippen molar-refractivity contribution in [1.29, 1.82) is 0 Å². The zero-order valence-electron chi connectivity index (χ0n) is 9.67. The summed E-state index contributed by atoms with van der Waals surface area (Å²) in [5.74, 6) is 0. The fourth-order valence-electron chi connectivity index (χ4n) is 1.85. The number of aliphatic hydroxyl groups is 1. The van der Waals surface area contributed by atoms with E-state index in [9.17, 15) is 9.90 Å². The van der Waals surface area contributed by atoms with Crippen molar-refractivity contribution < 1.29 is 9.84 Å². The van der Waals surface area contributed by atoms with Crippen LogP contribution in [0.25, 0.3) is 10.8 Å². The highest BCUT2D eigenvalue weighted by Crippen LogP contribution is 2.08. The predicted molar refractivity (Wildman–Crippen MR) is 66.1 cm³/mol. The average Bonchev–Trinajstić information content (AvgIpc) is 2.33. The number of nitrogens with zero attached hydrogens (tertiary/aromatic N) is 1. The maximum absolute atomic E-state index is 12.1. The molecule has 0 saturated heterocycles. The third kappa shape index (κ3) is 2.54. The van der Waals surface area contributed by atoms with E-state index >= 15 is 0 Å². The van der Waals surface area contributed by atoms with Crippen LogP contribution in [-0.4, -0.2) is 29.5 Å². The van der Waals surface area contributed by atoms with Crippen LogP contribution in [0.3, 0.4) is 0 Å². The van der Waals surface area contributed by atoms with E-state index in [1.807, 2.05) is 24.3 Å². The SMILES string of the molecule is COCC(O)Cn1ccc2ccccc2c1=O. The second kappa shape index (κ2) is 5.12. The third-order valence-corrected chi connectivity index (χ3v) is 2.65. The smallest absolute Gasteiger partial charge is 0.258 e. The van der Waals surface area contributed by atoms with Gasteiger partial charge >= 0.3 is 0 Å². The molecule has 1 unspecified atom stereocenters. The van der Waals surface area contributed by atoms with Crippen molar-refractivity contribution >= 4 is 10.8 Å². The number of fused-ring (bicyclic) bond motifs is 1. The van der Waals surface area contributed by atoms with E-state index in [-0.39, 0.29) is 18.7 Å². The van der Waals surface area contributed by atoms with E-state index in [2.05, 4.69) is 0 Å². The van der Waals surface area contributed by atoms with Gasteiger partial charge in [0.05, 0.1) is 19.3 Å². The summed E-state index contributed by atoms with van der Waals surface area (Å²) >= 11 is 0. The first-order valence-corrected chi connectivity index (χ1v) is 5.47. The topological polar surface area (TPSA) is 51.5 Å². The molecule has 0 aliphatic carbocycles. The van der Waals surface area contributed by atoms with Crippen LogP contribution >= 0.6 is 0 Å². The summed E-state index contributed by atoms with van der Waals surface area (Å²) in [6.07, 6.45) is 1.03. The van der Waals surface area contributed by atoms with Crippen molar-refractivity contribution in [2.24, 2.45) is 0 Å². The summed E-state index contributed by atoms with van der Waals surface area (Å²) in [6.45, 7) is 0.469. The normalized spacial score (nSPS) is 12.8. The highest BCUT2D eigenvalue weighted by atomic mass is 16.5. The zero-order chi connectivity index (χ0) is 12.3. The first kappa shape index (κ1) is 11.8. The van der Waals surface area contributed by atoms with Crippen LogP contribution in [0.5, 0.6) is 0 Å². The second-order valence-electron chi connectivity index (χ2n) is 3.97. The van der Waals surface area contributed by atoms with Crippen LogP contribution in [0.4, 0.5) is 0 Å². The molecule has 1 atom stereocenters. The Morgan fingerprint density at radius 1 is 1.35 bits per heavy atom. The maximum Gasteiger partial charge on any atom is 0.258 e. The molecule has 2 aromatic rings. The minimum Gasteiger partial charge on any atom is -0.389 e. The average molecular weight is 233 g/mol. The van der Waals surface area contributed by atoms with Crippen LogP contribution in [0, 0.1) is 0 Å². The Hall–Kier alpha value is -1.65. The number of benzene rings is 1. The maximum atomic E-state index is 12.1. The largest absolute Gasteiger partial charge is 0.389 e. The first-order chi connectivity index (χ1) is 8.22. The first-order valence-electron chi connectivity index (χ1n) is 5.47. The standard InChI is InChI=1S/C13H15NO3/c1-17-9-11(15)8-14-7-6-10-4-2-3-5-12(10)13(14)16/h2-7,11,15H,8-9H2,1H3. The number of rotatable bonds is 4. The summed E-state index contributed by atoms with van der Waals surface area (Å²) < 4.78 is 6.34. The molecule has 2 rings (SSSR count). The summed E-state index contributed by atoms with van der Waals surface area (Å²) in [6, 6.07) is 9.28. The lowest BCUT2D eigenvalue weighted by Gasteiger charge is -2.12. The Labute approximate surface area is 99.1 Å². The van der Waals surface area contributed by atoms with Gasteiger partial charge in [0, 0.05) is 18.7 Å². The van der Waals surface area contributed by atoms with E-state index in [4.69, 9.17) is 4.74 Å². The number of hydrogen-bond donors (Lipinski definition) is 1. The molecule has 0 radical (unpaired) electrons. The number of aromatic nitrogens is 1. The lowest BCUT2D eigenvalue weighted by Crippen LogP contribution is -2.28. The van der Waals surface area contributed by atoms with Gasteiger partial charge in [-0.3, -0.25) is 4.79 Å². The van der Waals surface area contributed by atoms with Gasteiger partial charge in [-0.1, -0.05) is 18.2 Å². The Bertz CT molecular complexity index is 562. The summed E-state index contributed by atoms with van der Waals surface area (Å²) in [5, 5.41) is 11.2. The summed E-state index contributed by atoms with van der Waals surface area (Å²) in [7, 11) is 1.52. The molecule has 90 valence electrons. The van der Waals surface area contributed by atoms with Crippen LogP contribution in [-0.2, 0) is 11.3 Å². The molecule has 0 bridgehead atoms. The monoisotopic (exact) mass is 233 g/mol. The van der Waals surface area contributed by atoms with Crippen molar-refractivity contribution in [3.63, 3.8) is 0 Å². The number of pyridine rings is 1. The molecule has 0 spiro atoms. The molecular formula is C13H15NO3. The summed E-state index contributed by atoms with van der Waals surface area (Å²) in [5.41, 5.74) is -0.0850. The molecule has 4 nitrogen and oxygen atoms in total. The van der Waals surface area contributed by atoms with Gasteiger partial charge in [0.2, 0.25) is 0 Å². The number of ether oxygens (including phenoxy) is 1. The van der Waals surface area contributed by atoms with E-state index in [0.717, 1.165) is 5.39 Å². The van der Waals surface area contributed by atoms with E-state index < -0.39 is 6.10 Å². The van der Waals surface area contributed by atoms with Crippen LogP contribution in [0.15, 0.2) is 41.3 Å². The Kier molecular flexibility index (Phi) is 3.56. The van der Waals surface area contributed by atoms with E-state index in [1.54, 1.807) is 12.3 Å². The number of aliphatic hydroxyl groups excluding tert-OH is 1. The lowest BCUT2D eigenvalue weighted by molar-refractivity contribution is 0.0531. The van der Waals surface area contributed by atoms with Crippen molar-refractivity contribution in [3.8, 4) is 0 Å². The van der Waals surface area contributed by atoms with Gasteiger partial charge in [-0.05, 0) is 17.5 Å². The molecule has 0 aliphatic rings. The molecule has 0 amide bonds. The van der Waals surface area contributed by atoms with Gasteiger partial charge in [0.1, 0.15) is 0 Å². The molecule has 0 aliphatic heterocycles. The fourth-order valence-corrected chi connectivity index (χ4v) is 1.85. The van der Waals surface area contributed by atoms with E-state index in [1.165, 1.54) is 11.7 Å². The van der Waals surface area contributed by atoms with Gasteiger partial charge in [-0.2, -0.15) is 0 Å². The van der Waals surface area contributed by atoms with Crippen LogP contribution < -0.4 is 5.56 Å². The van der Waals surface area contributed by atoms with Crippen molar-refractivity contribution in [3.05, 3.63) is 46.9 Å². The molecule has 17 heavy (non-hydrogen) atoms. The quantitative estimate of drug-likeness (QED) is 0.857. The number of hydrogen-bond acceptors (Lipinski definition) is 3. The fraction of sp³-hybridized carbons (Fsp3) is 0.308. The van der Waals surface area contributed by atoms with Gasteiger partial charge < -0.3 is 14.4 Å². The molecule has 0 fully saturated rings. The van der Waals surface area contributed by atoms with E-state index in [0.29, 0.717) is 5.39 Å².